The molecule has 1 aromatic rings. The van der Waals surface area contributed by atoms with Gasteiger partial charge in [0.15, 0.2) is 0 Å². The van der Waals surface area contributed by atoms with Crippen molar-refractivity contribution in [2.45, 2.75) is 32.7 Å². The minimum absolute atomic E-state index is 0.00867. The number of carbonyl (C=O) groups is 1. The fourth-order valence-electron chi connectivity index (χ4n) is 1.71. The lowest BCUT2D eigenvalue weighted by Gasteiger charge is -2.15. The van der Waals surface area contributed by atoms with E-state index in [0.29, 0.717) is 17.7 Å². The Kier molecular flexibility index (Phi) is 7.22. The molecule has 112 valence electrons. The summed E-state index contributed by atoms with van der Waals surface area (Å²) in [6, 6.07) is 1.79. The zero-order valence-corrected chi connectivity index (χ0v) is 13.1. The number of anilines is 1. The number of nitrogens with zero attached hydrogens (tertiary/aromatic N) is 1. The van der Waals surface area contributed by atoms with Crippen LogP contribution in [0.25, 0.3) is 0 Å². The van der Waals surface area contributed by atoms with Crippen LogP contribution in [0.3, 0.4) is 0 Å². The molecule has 2 N–H and O–H groups in total. The van der Waals surface area contributed by atoms with Crippen molar-refractivity contribution in [3.05, 3.63) is 24.0 Å². The average molecular weight is 297 g/mol. The van der Waals surface area contributed by atoms with E-state index >= 15 is 0 Å². The highest BCUT2D eigenvalue weighted by molar-refractivity contribution is 7.84. The minimum atomic E-state index is -0.830. The first-order chi connectivity index (χ1) is 9.54. The largest absolute Gasteiger partial charge is 0.384 e. The Hall–Kier alpha value is -1.43. The number of aromatic nitrogens is 1. The van der Waals surface area contributed by atoms with Crippen molar-refractivity contribution >= 4 is 22.4 Å². The van der Waals surface area contributed by atoms with Gasteiger partial charge in [-0.3, -0.25) is 14.0 Å². The first kappa shape index (κ1) is 16.6. The predicted octanol–water partition coefficient (Wildman–Crippen LogP) is 1.79. The van der Waals surface area contributed by atoms with Crippen LogP contribution >= 0.6 is 0 Å². The van der Waals surface area contributed by atoms with E-state index in [1.54, 1.807) is 24.7 Å². The Morgan fingerprint density at radius 1 is 1.50 bits per heavy atom. The number of pyridine rings is 1. The summed E-state index contributed by atoms with van der Waals surface area (Å²) in [6.07, 6.45) is 6.59. The van der Waals surface area contributed by atoms with Crippen molar-refractivity contribution in [2.24, 2.45) is 0 Å². The molecular formula is C14H23N3O2S. The lowest BCUT2D eigenvalue weighted by atomic mass is 10.2. The molecule has 0 saturated heterocycles. The second-order valence-corrected chi connectivity index (χ2v) is 6.34. The molecule has 2 atom stereocenters. The van der Waals surface area contributed by atoms with Crippen molar-refractivity contribution in [3.8, 4) is 0 Å². The van der Waals surface area contributed by atoms with Gasteiger partial charge in [-0.25, -0.2) is 0 Å². The van der Waals surface area contributed by atoms with E-state index < -0.39 is 10.8 Å². The molecule has 0 aromatic carbocycles. The summed E-state index contributed by atoms with van der Waals surface area (Å²) in [7, 11) is -0.830. The van der Waals surface area contributed by atoms with Gasteiger partial charge in [0.05, 0.1) is 11.3 Å². The fourth-order valence-corrected chi connectivity index (χ4v) is 2.39. The fraction of sp³-hybridized carbons (Fsp3) is 0.571. The van der Waals surface area contributed by atoms with Gasteiger partial charge in [0.2, 0.25) is 0 Å². The van der Waals surface area contributed by atoms with E-state index in [0.717, 1.165) is 18.7 Å². The first-order valence-electron chi connectivity index (χ1n) is 6.83. The third-order valence-corrected chi connectivity index (χ3v) is 3.66. The Morgan fingerprint density at radius 2 is 2.25 bits per heavy atom. The Morgan fingerprint density at radius 3 is 2.90 bits per heavy atom. The quantitative estimate of drug-likeness (QED) is 0.767. The summed E-state index contributed by atoms with van der Waals surface area (Å²) < 4.78 is 11.1. The summed E-state index contributed by atoms with van der Waals surface area (Å²) in [5.74, 6) is 0.446. The minimum Gasteiger partial charge on any atom is -0.384 e. The average Bonchev–Trinajstić information content (AvgIpc) is 2.43. The standard InChI is InChI=1S/C14H23N3O2S/c1-4-7-16-13-5-8-15-10-12(13)14(18)17-11(2)6-9-20(3)19/h5,8,10-11H,4,6-7,9H2,1-3H3,(H,15,16)(H,17,18). The topological polar surface area (TPSA) is 71.1 Å². The van der Waals surface area contributed by atoms with Crippen molar-refractivity contribution in [1.82, 2.24) is 10.3 Å². The van der Waals surface area contributed by atoms with Crippen LogP contribution in [0.4, 0.5) is 5.69 Å². The SMILES string of the molecule is CCCNc1ccncc1C(=O)NC(C)CCS(C)=O. The molecule has 1 aromatic heterocycles. The van der Waals surface area contributed by atoms with Crippen LogP contribution in [0.1, 0.15) is 37.0 Å². The molecule has 0 aliphatic heterocycles. The first-order valence-corrected chi connectivity index (χ1v) is 8.56. The van der Waals surface area contributed by atoms with Crippen LogP contribution in [0, 0.1) is 0 Å². The molecule has 0 aliphatic carbocycles. The van der Waals surface area contributed by atoms with Gasteiger partial charge < -0.3 is 10.6 Å². The molecule has 5 nitrogen and oxygen atoms in total. The van der Waals surface area contributed by atoms with Gasteiger partial charge in [-0.15, -0.1) is 0 Å². The van der Waals surface area contributed by atoms with Crippen molar-refractivity contribution in [1.29, 1.82) is 0 Å². The molecule has 0 radical (unpaired) electrons. The van der Waals surface area contributed by atoms with Crippen LogP contribution in [-0.2, 0) is 10.8 Å². The van der Waals surface area contributed by atoms with Gasteiger partial charge >= 0.3 is 0 Å². The second kappa shape index (κ2) is 8.68. The van der Waals surface area contributed by atoms with Crippen LogP contribution in [0.15, 0.2) is 18.5 Å². The number of hydrogen-bond acceptors (Lipinski definition) is 4. The number of amides is 1. The Balaban J connectivity index is 2.64. The number of nitrogens with one attached hydrogen (secondary N) is 2. The van der Waals surface area contributed by atoms with Crippen LogP contribution in [0.2, 0.25) is 0 Å². The smallest absolute Gasteiger partial charge is 0.255 e. The van der Waals surface area contributed by atoms with E-state index in [1.807, 2.05) is 6.92 Å². The summed E-state index contributed by atoms with van der Waals surface area (Å²) in [4.78, 5) is 16.2. The molecule has 1 heterocycles. The lowest BCUT2D eigenvalue weighted by molar-refractivity contribution is 0.0940. The summed E-state index contributed by atoms with van der Waals surface area (Å²) in [5.41, 5.74) is 1.34. The zero-order valence-electron chi connectivity index (χ0n) is 12.3. The van der Waals surface area contributed by atoms with Gasteiger partial charge in [0.1, 0.15) is 0 Å². The highest BCUT2D eigenvalue weighted by Gasteiger charge is 2.14. The molecule has 1 amide bonds. The third kappa shape index (κ3) is 5.69. The zero-order chi connectivity index (χ0) is 15.0. The van der Waals surface area contributed by atoms with Gasteiger partial charge in [-0.1, -0.05) is 6.92 Å². The van der Waals surface area contributed by atoms with E-state index in [-0.39, 0.29) is 11.9 Å². The maximum atomic E-state index is 12.2. The molecule has 20 heavy (non-hydrogen) atoms. The second-order valence-electron chi connectivity index (χ2n) is 4.79. The third-order valence-electron chi connectivity index (χ3n) is 2.85. The highest BCUT2D eigenvalue weighted by Crippen LogP contribution is 2.13. The summed E-state index contributed by atoms with van der Waals surface area (Å²) in [6.45, 7) is 4.80. The molecule has 0 saturated carbocycles. The maximum absolute atomic E-state index is 12.2. The van der Waals surface area contributed by atoms with Crippen molar-refractivity contribution in [2.75, 3.05) is 23.9 Å². The number of rotatable bonds is 8. The number of carbonyl (C=O) groups excluding carboxylic acids is 1. The molecule has 0 bridgehead atoms. The normalized spacial score (nSPS) is 13.6. The molecular weight excluding hydrogens is 274 g/mol. The predicted molar refractivity (Wildman–Crippen MR) is 83.5 cm³/mol. The van der Waals surface area contributed by atoms with Gasteiger partial charge in [0, 0.05) is 47.8 Å². The van der Waals surface area contributed by atoms with Gasteiger partial charge in [-0.2, -0.15) is 0 Å². The van der Waals surface area contributed by atoms with E-state index in [1.165, 1.54) is 0 Å². The summed E-state index contributed by atoms with van der Waals surface area (Å²) >= 11 is 0. The molecule has 0 aliphatic rings. The van der Waals surface area contributed by atoms with Crippen molar-refractivity contribution in [3.63, 3.8) is 0 Å². The van der Waals surface area contributed by atoms with Crippen LogP contribution in [0.5, 0.6) is 0 Å². The Labute approximate surface area is 123 Å². The van der Waals surface area contributed by atoms with Gasteiger partial charge in [0.25, 0.3) is 5.91 Å². The molecule has 0 spiro atoms. The van der Waals surface area contributed by atoms with Crippen LogP contribution in [-0.4, -0.2) is 39.7 Å². The van der Waals surface area contributed by atoms with Crippen LogP contribution < -0.4 is 10.6 Å². The highest BCUT2D eigenvalue weighted by atomic mass is 32.2. The van der Waals surface area contributed by atoms with Gasteiger partial charge in [-0.05, 0) is 25.8 Å². The molecule has 1 rings (SSSR count). The summed E-state index contributed by atoms with van der Waals surface area (Å²) in [5, 5.41) is 6.13. The van der Waals surface area contributed by atoms with E-state index in [4.69, 9.17) is 0 Å². The van der Waals surface area contributed by atoms with E-state index in [2.05, 4.69) is 22.5 Å². The lowest BCUT2D eigenvalue weighted by Crippen LogP contribution is -2.34. The van der Waals surface area contributed by atoms with E-state index in [9.17, 15) is 9.00 Å². The molecule has 6 heteroatoms. The van der Waals surface area contributed by atoms with Crippen molar-refractivity contribution < 1.29 is 9.00 Å². The Bertz CT molecular complexity index is 465. The molecule has 2 unspecified atom stereocenters. The number of hydrogen-bond donors (Lipinski definition) is 2. The maximum Gasteiger partial charge on any atom is 0.255 e. The monoisotopic (exact) mass is 297 g/mol. The molecule has 0 fully saturated rings.